The lowest BCUT2D eigenvalue weighted by Gasteiger charge is -2.08. The van der Waals surface area contributed by atoms with Crippen LogP contribution in [0.5, 0.6) is 0 Å². The van der Waals surface area contributed by atoms with Crippen molar-refractivity contribution in [2.45, 2.75) is 6.92 Å². The predicted molar refractivity (Wildman–Crippen MR) is 59.9 cm³/mol. The fourth-order valence-corrected chi connectivity index (χ4v) is 1.17. The van der Waals surface area contributed by atoms with Crippen LogP contribution in [-0.2, 0) is 9.59 Å². The Hall–Kier alpha value is -1.95. The smallest absolute Gasteiger partial charge is 0.313 e. The van der Waals surface area contributed by atoms with Crippen LogP contribution in [-0.4, -0.2) is 30.1 Å². The molecule has 0 aliphatic carbocycles. The van der Waals surface area contributed by atoms with E-state index in [2.05, 4.69) is 10.6 Å². The molecule has 2 amide bonds. The lowest BCUT2D eigenvalue weighted by molar-refractivity contribution is -0.136. The summed E-state index contributed by atoms with van der Waals surface area (Å²) in [5, 5.41) is 12.9. The van der Waals surface area contributed by atoms with E-state index in [1.807, 2.05) is 0 Å². The molecule has 0 aliphatic rings. The van der Waals surface area contributed by atoms with Gasteiger partial charge < -0.3 is 15.7 Å². The lowest BCUT2D eigenvalue weighted by Crippen LogP contribution is -2.37. The molecular formula is C11H13FN2O3. The second-order valence-corrected chi connectivity index (χ2v) is 3.35. The Kier molecular flexibility index (Phi) is 4.59. The van der Waals surface area contributed by atoms with Crippen molar-refractivity contribution in [3.63, 3.8) is 0 Å². The van der Waals surface area contributed by atoms with E-state index in [1.165, 1.54) is 25.1 Å². The number of hydrogen-bond donors (Lipinski definition) is 3. The van der Waals surface area contributed by atoms with Crippen molar-refractivity contribution < 1.29 is 19.1 Å². The van der Waals surface area contributed by atoms with Crippen molar-refractivity contribution >= 4 is 17.5 Å². The summed E-state index contributed by atoms with van der Waals surface area (Å²) in [6.45, 7) is 1.24. The summed E-state index contributed by atoms with van der Waals surface area (Å²) in [5.41, 5.74) is 0.505. The number of rotatable bonds is 3. The van der Waals surface area contributed by atoms with E-state index in [0.717, 1.165) is 0 Å². The Labute approximate surface area is 97.6 Å². The molecule has 0 saturated carbocycles. The fraction of sp³-hybridized carbons (Fsp3) is 0.273. The number of carbonyl (C=O) groups is 2. The van der Waals surface area contributed by atoms with E-state index in [4.69, 9.17) is 5.11 Å². The zero-order valence-electron chi connectivity index (χ0n) is 9.29. The first kappa shape index (κ1) is 13.1. The maximum atomic E-state index is 13.1. The number of halogens is 1. The Balaban J connectivity index is 2.68. The van der Waals surface area contributed by atoms with Crippen LogP contribution in [0.3, 0.4) is 0 Å². The van der Waals surface area contributed by atoms with Crippen LogP contribution in [0.1, 0.15) is 5.56 Å². The van der Waals surface area contributed by atoms with E-state index in [9.17, 15) is 14.0 Å². The molecular weight excluding hydrogens is 227 g/mol. The van der Waals surface area contributed by atoms with Gasteiger partial charge in [0.25, 0.3) is 0 Å². The Bertz CT molecular complexity index is 435. The molecule has 0 aromatic heterocycles. The number of aliphatic hydroxyl groups excluding tert-OH is 1. The highest BCUT2D eigenvalue weighted by molar-refractivity contribution is 6.39. The standard InChI is InChI=1S/C11H13FN2O3/c1-7-8(12)3-2-4-9(7)14-11(17)10(16)13-5-6-15/h2-4,15H,5-6H2,1H3,(H,13,16)(H,14,17). The van der Waals surface area contributed by atoms with E-state index in [0.29, 0.717) is 0 Å². The quantitative estimate of drug-likeness (QED) is 0.659. The third kappa shape index (κ3) is 3.53. The Morgan fingerprint density at radius 3 is 2.71 bits per heavy atom. The van der Waals surface area contributed by atoms with Crippen LogP contribution in [0.4, 0.5) is 10.1 Å². The SMILES string of the molecule is Cc1c(F)cccc1NC(=O)C(=O)NCCO. The molecule has 0 spiro atoms. The molecule has 1 aromatic rings. The van der Waals surface area contributed by atoms with Crippen LogP contribution in [0, 0.1) is 12.7 Å². The van der Waals surface area contributed by atoms with E-state index in [1.54, 1.807) is 0 Å². The molecule has 3 N–H and O–H groups in total. The topological polar surface area (TPSA) is 78.4 Å². The molecule has 0 atom stereocenters. The van der Waals surface area contributed by atoms with Gasteiger partial charge in [0.1, 0.15) is 5.82 Å². The molecule has 0 bridgehead atoms. The van der Waals surface area contributed by atoms with Crippen LogP contribution in [0.25, 0.3) is 0 Å². The summed E-state index contributed by atoms with van der Waals surface area (Å²) in [6, 6.07) is 4.19. The van der Waals surface area contributed by atoms with E-state index in [-0.39, 0.29) is 24.4 Å². The van der Waals surface area contributed by atoms with Gasteiger partial charge >= 0.3 is 11.8 Å². The molecule has 0 fully saturated rings. The first-order chi connectivity index (χ1) is 8.06. The van der Waals surface area contributed by atoms with Gasteiger partial charge in [-0.3, -0.25) is 9.59 Å². The maximum absolute atomic E-state index is 13.1. The van der Waals surface area contributed by atoms with Crippen molar-refractivity contribution in [2.75, 3.05) is 18.5 Å². The van der Waals surface area contributed by atoms with Gasteiger partial charge in [-0.15, -0.1) is 0 Å². The van der Waals surface area contributed by atoms with Crippen LogP contribution >= 0.6 is 0 Å². The number of benzene rings is 1. The van der Waals surface area contributed by atoms with Gasteiger partial charge in [-0.1, -0.05) is 6.07 Å². The number of amides is 2. The second kappa shape index (κ2) is 5.95. The molecule has 6 heteroatoms. The summed E-state index contributed by atoms with van der Waals surface area (Å²) in [7, 11) is 0. The number of carbonyl (C=O) groups excluding carboxylic acids is 2. The molecule has 0 unspecified atom stereocenters. The van der Waals surface area contributed by atoms with E-state index < -0.39 is 17.6 Å². The highest BCUT2D eigenvalue weighted by Crippen LogP contribution is 2.16. The van der Waals surface area contributed by atoms with Crippen molar-refractivity contribution in [3.8, 4) is 0 Å². The number of hydrogen-bond acceptors (Lipinski definition) is 3. The molecule has 0 aliphatic heterocycles. The molecule has 0 radical (unpaired) electrons. The van der Waals surface area contributed by atoms with Gasteiger partial charge in [0.2, 0.25) is 0 Å². The summed E-state index contributed by atoms with van der Waals surface area (Å²) < 4.78 is 13.1. The van der Waals surface area contributed by atoms with Crippen molar-refractivity contribution in [1.82, 2.24) is 5.32 Å². The monoisotopic (exact) mass is 240 g/mol. The third-order valence-electron chi connectivity index (χ3n) is 2.12. The number of nitrogens with one attached hydrogen (secondary N) is 2. The Morgan fingerprint density at radius 1 is 1.35 bits per heavy atom. The zero-order valence-corrected chi connectivity index (χ0v) is 9.29. The minimum absolute atomic E-state index is 0.00557. The van der Waals surface area contributed by atoms with Gasteiger partial charge in [-0.25, -0.2) is 4.39 Å². The van der Waals surface area contributed by atoms with Gasteiger partial charge in [0.05, 0.1) is 6.61 Å². The van der Waals surface area contributed by atoms with Gasteiger partial charge in [-0.2, -0.15) is 0 Å². The molecule has 1 aromatic carbocycles. The third-order valence-corrected chi connectivity index (χ3v) is 2.12. The highest BCUT2D eigenvalue weighted by Gasteiger charge is 2.14. The molecule has 92 valence electrons. The molecule has 0 saturated heterocycles. The first-order valence-corrected chi connectivity index (χ1v) is 5.01. The number of aliphatic hydroxyl groups is 1. The predicted octanol–water partition coefficient (Wildman–Crippen LogP) is 0.181. The van der Waals surface area contributed by atoms with Crippen molar-refractivity contribution in [1.29, 1.82) is 0 Å². The maximum Gasteiger partial charge on any atom is 0.313 e. The minimum atomic E-state index is -0.896. The lowest BCUT2D eigenvalue weighted by atomic mass is 10.2. The summed E-state index contributed by atoms with van der Waals surface area (Å²) in [5.74, 6) is -2.23. The average molecular weight is 240 g/mol. The van der Waals surface area contributed by atoms with Crippen LogP contribution in [0.15, 0.2) is 18.2 Å². The molecule has 1 rings (SSSR count). The van der Waals surface area contributed by atoms with Crippen LogP contribution in [0.2, 0.25) is 0 Å². The molecule has 17 heavy (non-hydrogen) atoms. The number of anilines is 1. The molecule has 5 nitrogen and oxygen atoms in total. The fourth-order valence-electron chi connectivity index (χ4n) is 1.17. The summed E-state index contributed by atoms with van der Waals surface area (Å²) in [6.07, 6.45) is 0. The largest absolute Gasteiger partial charge is 0.395 e. The highest BCUT2D eigenvalue weighted by atomic mass is 19.1. The molecule has 0 heterocycles. The normalized spacial score (nSPS) is 9.82. The minimum Gasteiger partial charge on any atom is -0.395 e. The van der Waals surface area contributed by atoms with Gasteiger partial charge in [0, 0.05) is 17.8 Å². The zero-order chi connectivity index (χ0) is 12.8. The second-order valence-electron chi connectivity index (χ2n) is 3.35. The van der Waals surface area contributed by atoms with Gasteiger partial charge in [-0.05, 0) is 19.1 Å². The van der Waals surface area contributed by atoms with Crippen molar-refractivity contribution in [3.05, 3.63) is 29.6 Å². The van der Waals surface area contributed by atoms with Crippen LogP contribution < -0.4 is 10.6 Å². The Morgan fingerprint density at radius 2 is 2.06 bits per heavy atom. The van der Waals surface area contributed by atoms with E-state index >= 15 is 0 Å². The summed E-state index contributed by atoms with van der Waals surface area (Å²) in [4.78, 5) is 22.5. The summed E-state index contributed by atoms with van der Waals surface area (Å²) >= 11 is 0. The average Bonchev–Trinajstić information content (AvgIpc) is 2.31. The van der Waals surface area contributed by atoms with Gasteiger partial charge in [0.15, 0.2) is 0 Å². The van der Waals surface area contributed by atoms with Crippen molar-refractivity contribution in [2.24, 2.45) is 0 Å². The first-order valence-electron chi connectivity index (χ1n) is 5.01.